The van der Waals surface area contributed by atoms with Crippen molar-refractivity contribution in [3.05, 3.63) is 24.5 Å². The third kappa shape index (κ3) is 4.05. The van der Waals surface area contributed by atoms with Gasteiger partial charge in [0, 0.05) is 32.0 Å². The number of amides is 2. The highest BCUT2D eigenvalue weighted by Gasteiger charge is 2.23. The van der Waals surface area contributed by atoms with E-state index in [0.717, 1.165) is 12.8 Å². The van der Waals surface area contributed by atoms with Gasteiger partial charge in [0.25, 0.3) is 5.89 Å². The first kappa shape index (κ1) is 16.3. The van der Waals surface area contributed by atoms with Crippen LogP contribution in [0.1, 0.15) is 25.7 Å². The van der Waals surface area contributed by atoms with Crippen LogP contribution in [0.3, 0.4) is 0 Å². The van der Waals surface area contributed by atoms with Crippen LogP contribution in [-0.4, -0.2) is 56.8 Å². The quantitative estimate of drug-likeness (QED) is 0.877. The van der Waals surface area contributed by atoms with Gasteiger partial charge < -0.3 is 19.5 Å². The fourth-order valence-corrected chi connectivity index (χ4v) is 2.51. The Morgan fingerprint density at radius 2 is 2.25 bits per heavy atom. The van der Waals surface area contributed by atoms with Crippen molar-refractivity contribution in [1.82, 2.24) is 30.3 Å². The van der Waals surface area contributed by atoms with Gasteiger partial charge in [-0.25, -0.2) is 9.78 Å². The van der Waals surface area contributed by atoms with Crippen molar-refractivity contribution < 1.29 is 14.1 Å². The van der Waals surface area contributed by atoms with Crippen LogP contribution in [0.25, 0.3) is 11.5 Å². The zero-order valence-electron chi connectivity index (χ0n) is 13.5. The van der Waals surface area contributed by atoms with E-state index < -0.39 is 0 Å². The van der Waals surface area contributed by atoms with Crippen LogP contribution >= 0.6 is 0 Å². The first-order chi connectivity index (χ1) is 11.8. The Kier molecular flexibility index (Phi) is 5.32. The fourth-order valence-electron chi connectivity index (χ4n) is 2.51. The van der Waals surface area contributed by atoms with Gasteiger partial charge >= 0.3 is 6.03 Å². The second kappa shape index (κ2) is 7.82. The van der Waals surface area contributed by atoms with Crippen LogP contribution < -0.4 is 5.32 Å². The lowest BCUT2D eigenvalue weighted by molar-refractivity contribution is -0.00607. The first-order valence-corrected chi connectivity index (χ1v) is 7.99. The summed E-state index contributed by atoms with van der Waals surface area (Å²) >= 11 is 0. The number of rotatable bonds is 5. The zero-order valence-corrected chi connectivity index (χ0v) is 13.5. The lowest BCUT2D eigenvalue weighted by Gasteiger charge is -2.31. The Morgan fingerprint density at radius 1 is 1.42 bits per heavy atom. The summed E-state index contributed by atoms with van der Waals surface area (Å²) in [5, 5.41) is 6.68. The maximum absolute atomic E-state index is 11.8. The summed E-state index contributed by atoms with van der Waals surface area (Å²) in [6, 6.07) is -0.0125. The molecular formula is C15H20N6O3. The number of urea groups is 1. The highest BCUT2D eigenvalue weighted by molar-refractivity contribution is 5.74. The van der Waals surface area contributed by atoms with Crippen LogP contribution in [0.4, 0.5) is 4.79 Å². The van der Waals surface area contributed by atoms with E-state index >= 15 is 0 Å². The Bertz CT molecular complexity index is 654. The topological polar surface area (TPSA) is 106 Å². The van der Waals surface area contributed by atoms with Gasteiger partial charge in [-0.1, -0.05) is 5.16 Å². The average molecular weight is 332 g/mol. The number of carbonyl (C=O) groups excluding carboxylic acids is 1. The largest absolute Gasteiger partial charge is 0.368 e. The normalized spacial score (nSPS) is 15.5. The summed E-state index contributed by atoms with van der Waals surface area (Å²) in [6.45, 7) is 4.17. The minimum Gasteiger partial charge on any atom is -0.368 e. The second-order valence-corrected chi connectivity index (χ2v) is 5.44. The van der Waals surface area contributed by atoms with Crippen molar-refractivity contribution >= 4 is 6.03 Å². The smallest absolute Gasteiger partial charge is 0.317 e. The number of aromatic nitrogens is 4. The molecule has 1 N–H and O–H groups in total. The van der Waals surface area contributed by atoms with Gasteiger partial charge in [0.1, 0.15) is 12.3 Å². The molecule has 0 spiro atoms. The number of carbonyl (C=O) groups is 1. The van der Waals surface area contributed by atoms with E-state index in [1.807, 2.05) is 11.8 Å². The number of likely N-dealkylation sites (tertiary alicyclic amines) is 1. The average Bonchev–Trinajstić information content (AvgIpc) is 3.10. The fraction of sp³-hybridized carbons (Fsp3) is 0.533. The van der Waals surface area contributed by atoms with Crippen LogP contribution in [-0.2, 0) is 11.3 Å². The van der Waals surface area contributed by atoms with Gasteiger partial charge in [-0.15, -0.1) is 0 Å². The molecule has 0 unspecified atom stereocenters. The molecule has 1 fully saturated rings. The number of piperidine rings is 1. The van der Waals surface area contributed by atoms with Gasteiger partial charge in [0.05, 0.1) is 12.3 Å². The van der Waals surface area contributed by atoms with Crippen molar-refractivity contribution in [3.8, 4) is 11.5 Å². The third-order valence-electron chi connectivity index (χ3n) is 3.76. The molecule has 1 aliphatic rings. The molecule has 3 heterocycles. The lowest BCUT2D eigenvalue weighted by Crippen LogP contribution is -2.45. The molecule has 2 aromatic rings. The molecule has 3 rings (SSSR count). The van der Waals surface area contributed by atoms with Crippen molar-refractivity contribution in [2.24, 2.45) is 0 Å². The predicted octanol–water partition coefficient (Wildman–Crippen LogP) is 1.24. The maximum atomic E-state index is 11.8. The van der Waals surface area contributed by atoms with Crippen LogP contribution in [0.5, 0.6) is 0 Å². The maximum Gasteiger partial charge on any atom is 0.317 e. The second-order valence-electron chi connectivity index (χ2n) is 5.44. The molecule has 128 valence electrons. The van der Waals surface area contributed by atoms with E-state index in [-0.39, 0.29) is 18.7 Å². The molecule has 2 aromatic heterocycles. The molecular weight excluding hydrogens is 312 g/mol. The molecule has 0 bridgehead atoms. The van der Waals surface area contributed by atoms with Gasteiger partial charge in [0.2, 0.25) is 5.82 Å². The molecule has 0 atom stereocenters. The van der Waals surface area contributed by atoms with Gasteiger partial charge in [-0.3, -0.25) is 4.98 Å². The highest BCUT2D eigenvalue weighted by atomic mass is 16.5. The van der Waals surface area contributed by atoms with E-state index in [2.05, 4.69) is 25.4 Å². The Hall–Kier alpha value is -2.55. The molecule has 0 saturated carbocycles. The standard InChI is InChI=1S/C15H20N6O3/c1-2-17-15(22)21-7-3-11(4-8-21)23-10-13-19-14(20-24-13)12-9-16-5-6-18-12/h5-6,9,11H,2-4,7-8,10H2,1H3,(H,17,22). The zero-order chi connectivity index (χ0) is 16.8. The van der Waals surface area contributed by atoms with Crippen molar-refractivity contribution in [1.29, 1.82) is 0 Å². The number of hydrogen-bond acceptors (Lipinski definition) is 7. The van der Waals surface area contributed by atoms with Gasteiger partial charge in [-0.05, 0) is 19.8 Å². The molecule has 9 nitrogen and oxygen atoms in total. The molecule has 0 aromatic carbocycles. The van der Waals surface area contributed by atoms with E-state index in [0.29, 0.717) is 37.0 Å². The SMILES string of the molecule is CCNC(=O)N1CCC(OCc2nc(-c3cnccn3)no2)CC1. The number of hydrogen-bond donors (Lipinski definition) is 1. The van der Waals surface area contributed by atoms with Gasteiger partial charge in [0.15, 0.2) is 0 Å². The number of nitrogens with zero attached hydrogens (tertiary/aromatic N) is 5. The predicted molar refractivity (Wildman–Crippen MR) is 83.8 cm³/mol. The van der Waals surface area contributed by atoms with Crippen molar-refractivity contribution in [3.63, 3.8) is 0 Å². The van der Waals surface area contributed by atoms with E-state index in [1.54, 1.807) is 18.6 Å². The first-order valence-electron chi connectivity index (χ1n) is 7.99. The molecule has 0 radical (unpaired) electrons. The summed E-state index contributed by atoms with van der Waals surface area (Å²) in [7, 11) is 0. The van der Waals surface area contributed by atoms with Crippen LogP contribution in [0, 0.1) is 0 Å². The Morgan fingerprint density at radius 3 is 2.96 bits per heavy atom. The molecule has 0 aliphatic carbocycles. The monoisotopic (exact) mass is 332 g/mol. The van der Waals surface area contributed by atoms with E-state index in [4.69, 9.17) is 9.26 Å². The minimum absolute atomic E-state index is 0.0125. The van der Waals surface area contributed by atoms with Gasteiger partial charge in [-0.2, -0.15) is 4.98 Å². The summed E-state index contributed by atoms with van der Waals surface area (Å²) in [6.07, 6.45) is 6.41. The Labute approximate surface area is 139 Å². The van der Waals surface area contributed by atoms with Crippen molar-refractivity contribution in [2.45, 2.75) is 32.5 Å². The summed E-state index contributed by atoms with van der Waals surface area (Å²) < 4.78 is 11.0. The highest BCUT2D eigenvalue weighted by Crippen LogP contribution is 2.16. The minimum atomic E-state index is -0.0125. The van der Waals surface area contributed by atoms with Crippen molar-refractivity contribution in [2.75, 3.05) is 19.6 Å². The molecule has 2 amide bonds. The third-order valence-corrected chi connectivity index (χ3v) is 3.76. The van der Waals surface area contributed by atoms with Crippen LogP contribution in [0.2, 0.25) is 0 Å². The summed E-state index contributed by atoms with van der Waals surface area (Å²) in [4.78, 5) is 25.9. The molecule has 9 heteroatoms. The Balaban J connectivity index is 1.46. The van der Waals surface area contributed by atoms with E-state index in [1.165, 1.54) is 0 Å². The number of nitrogens with one attached hydrogen (secondary N) is 1. The molecule has 24 heavy (non-hydrogen) atoms. The van der Waals surface area contributed by atoms with E-state index in [9.17, 15) is 4.79 Å². The molecule has 1 saturated heterocycles. The van der Waals surface area contributed by atoms with Crippen LogP contribution in [0.15, 0.2) is 23.1 Å². The number of ether oxygens (including phenoxy) is 1. The summed E-state index contributed by atoms with van der Waals surface area (Å²) in [5.41, 5.74) is 0.558. The summed E-state index contributed by atoms with van der Waals surface area (Å²) in [5.74, 6) is 0.801. The lowest BCUT2D eigenvalue weighted by atomic mass is 10.1. The molecule has 1 aliphatic heterocycles.